The minimum Gasteiger partial charge on any atom is -0.497 e. The summed E-state index contributed by atoms with van der Waals surface area (Å²) in [5.41, 5.74) is 2.40. The van der Waals surface area contributed by atoms with Gasteiger partial charge in [0.1, 0.15) is 11.5 Å². The van der Waals surface area contributed by atoms with E-state index in [9.17, 15) is 14.4 Å². The van der Waals surface area contributed by atoms with Crippen LogP contribution in [0.1, 0.15) is 29.3 Å². The Morgan fingerprint density at radius 2 is 1.67 bits per heavy atom. The van der Waals surface area contributed by atoms with Crippen molar-refractivity contribution in [2.24, 2.45) is 5.92 Å². The Morgan fingerprint density at radius 1 is 0.972 bits per heavy atom. The molecule has 0 aromatic heterocycles. The van der Waals surface area contributed by atoms with E-state index in [1.807, 2.05) is 43.3 Å². The Hall–Kier alpha value is -4.33. The van der Waals surface area contributed by atoms with E-state index in [2.05, 4.69) is 10.6 Å². The summed E-state index contributed by atoms with van der Waals surface area (Å²) in [7, 11) is 1.60. The normalized spacial score (nSPS) is 14.9. The molecule has 0 saturated carbocycles. The van der Waals surface area contributed by atoms with E-state index >= 15 is 0 Å². The maximum Gasteiger partial charge on any atom is 0.253 e. The predicted octanol–water partition coefficient (Wildman–Crippen LogP) is 4.02. The fourth-order valence-electron chi connectivity index (χ4n) is 4.07. The first-order chi connectivity index (χ1) is 17.5. The first-order valence-corrected chi connectivity index (χ1v) is 11.8. The molecular weight excluding hydrogens is 458 g/mol. The van der Waals surface area contributed by atoms with E-state index in [-0.39, 0.29) is 30.7 Å². The van der Waals surface area contributed by atoms with Gasteiger partial charge in [-0.3, -0.25) is 14.4 Å². The molecule has 3 aromatic rings. The first-order valence-electron chi connectivity index (χ1n) is 11.8. The molecule has 0 aliphatic carbocycles. The van der Waals surface area contributed by atoms with Crippen LogP contribution in [0.2, 0.25) is 0 Å². The molecule has 4 rings (SSSR count). The van der Waals surface area contributed by atoms with Crippen LogP contribution >= 0.6 is 0 Å². The maximum atomic E-state index is 13.0. The van der Waals surface area contributed by atoms with Gasteiger partial charge in [-0.05, 0) is 61.0 Å². The first kappa shape index (κ1) is 24.8. The number of para-hydroxylation sites is 1. The highest BCUT2D eigenvalue weighted by molar-refractivity contribution is 6.07. The van der Waals surface area contributed by atoms with Gasteiger partial charge in [-0.1, -0.05) is 24.3 Å². The van der Waals surface area contributed by atoms with E-state index in [4.69, 9.17) is 9.47 Å². The number of nitrogens with one attached hydrogen (secondary N) is 2. The van der Waals surface area contributed by atoms with Crippen molar-refractivity contribution in [2.75, 3.05) is 30.5 Å². The van der Waals surface area contributed by atoms with Crippen molar-refractivity contribution < 1.29 is 23.9 Å². The molecule has 1 heterocycles. The molecule has 0 unspecified atom stereocenters. The predicted molar refractivity (Wildman–Crippen MR) is 137 cm³/mol. The molecule has 36 heavy (non-hydrogen) atoms. The second kappa shape index (κ2) is 11.4. The highest BCUT2D eigenvalue weighted by atomic mass is 16.5. The van der Waals surface area contributed by atoms with Gasteiger partial charge in [-0.25, -0.2) is 0 Å². The van der Waals surface area contributed by atoms with Crippen molar-refractivity contribution in [3.8, 4) is 11.5 Å². The van der Waals surface area contributed by atoms with E-state index in [0.717, 1.165) is 22.7 Å². The van der Waals surface area contributed by atoms with Crippen LogP contribution < -0.4 is 25.0 Å². The summed E-state index contributed by atoms with van der Waals surface area (Å²) < 4.78 is 10.6. The Bertz CT molecular complexity index is 1220. The van der Waals surface area contributed by atoms with Crippen LogP contribution in [-0.4, -0.2) is 38.0 Å². The number of rotatable bonds is 9. The van der Waals surface area contributed by atoms with Gasteiger partial charge in [0.15, 0.2) is 0 Å². The lowest BCUT2D eigenvalue weighted by molar-refractivity contribution is -0.122. The lowest BCUT2D eigenvalue weighted by Gasteiger charge is -2.17. The standard InChI is InChI=1S/C28H29N3O5/c1-3-36-23-14-10-21(11-15-23)31-18-20(16-26(31)32)27(33)30-25-7-5-4-6-24(25)28(34)29-17-19-8-12-22(35-2)13-9-19/h4-15,20H,3,16-18H2,1-2H3,(H,29,34)(H,30,33)/t20-/m0/s1. The van der Waals surface area contributed by atoms with Crippen molar-refractivity contribution in [2.45, 2.75) is 19.9 Å². The lowest BCUT2D eigenvalue weighted by atomic mass is 10.1. The van der Waals surface area contributed by atoms with Gasteiger partial charge in [0.2, 0.25) is 11.8 Å². The van der Waals surface area contributed by atoms with Gasteiger partial charge >= 0.3 is 0 Å². The molecule has 8 nitrogen and oxygen atoms in total. The van der Waals surface area contributed by atoms with Crippen LogP contribution in [0, 0.1) is 5.92 Å². The molecule has 2 N–H and O–H groups in total. The van der Waals surface area contributed by atoms with Crippen LogP contribution in [0.3, 0.4) is 0 Å². The summed E-state index contributed by atoms with van der Waals surface area (Å²) in [5.74, 6) is 0.213. The van der Waals surface area contributed by atoms with E-state index in [1.54, 1.807) is 48.4 Å². The number of anilines is 2. The number of hydrogen-bond acceptors (Lipinski definition) is 5. The molecule has 1 aliphatic rings. The molecule has 0 radical (unpaired) electrons. The van der Waals surface area contributed by atoms with E-state index in [0.29, 0.717) is 24.4 Å². The average Bonchev–Trinajstić information content (AvgIpc) is 3.30. The number of nitrogens with zero attached hydrogens (tertiary/aromatic N) is 1. The second-order valence-electron chi connectivity index (χ2n) is 8.40. The summed E-state index contributed by atoms with van der Waals surface area (Å²) in [5, 5.41) is 5.73. The van der Waals surface area contributed by atoms with E-state index < -0.39 is 5.92 Å². The number of carbonyl (C=O) groups excluding carboxylic acids is 3. The Kier molecular flexibility index (Phi) is 7.85. The monoisotopic (exact) mass is 487 g/mol. The fraction of sp³-hybridized carbons (Fsp3) is 0.250. The molecule has 0 bridgehead atoms. The van der Waals surface area contributed by atoms with Crippen molar-refractivity contribution >= 4 is 29.1 Å². The van der Waals surface area contributed by atoms with Crippen LogP contribution in [0.15, 0.2) is 72.8 Å². The summed E-state index contributed by atoms with van der Waals surface area (Å²) in [6.45, 7) is 3.07. The quantitative estimate of drug-likeness (QED) is 0.475. The van der Waals surface area contributed by atoms with Crippen molar-refractivity contribution in [3.63, 3.8) is 0 Å². The molecule has 3 aromatic carbocycles. The van der Waals surface area contributed by atoms with Crippen LogP contribution in [0.5, 0.6) is 11.5 Å². The van der Waals surface area contributed by atoms with Crippen molar-refractivity contribution in [1.29, 1.82) is 0 Å². The minimum absolute atomic E-state index is 0.102. The smallest absolute Gasteiger partial charge is 0.253 e. The average molecular weight is 488 g/mol. The number of amides is 3. The van der Waals surface area contributed by atoms with Crippen molar-refractivity contribution in [3.05, 3.63) is 83.9 Å². The molecule has 1 fully saturated rings. The van der Waals surface area contributed by atoms with Crippen molar-refractivity contribution in [1.82, 2.24) is 5.32 Å². The SMILES string of the molecule is CCOc1ccc(N2C[C@@H](C(=O)Nc3ccccc3C(=O)NCc3ccc(OC)cc3)CC2=O)cc1. The Labute approximate surface area is 210 Å². The topological polar surface area (TPSA) is 97.0 Å². The minimum atomic E-state index is -0.528. The van der Waals surface area contributed by atoms with Gasteiger partial charge in [0.05, 0.1) is 30.9 Å². The molecule has 1 aliphatic heterocycles. The molecule has 1 saturated heterocycles. The third-order valence-electron chi connectivity index (χ3n) is 6.00. The number of hydrogen-bond donors (Lipinski definition) is 2. The van der Waals surface area contributed by atoms with Crippen LogP contribution in [0.25, 0.3) is 0 Å². The van der Waals surface area contributed by atoms with Gasteiger partial charge in [-0.15, -0.1) is 0 Å². The molecular formula is C28H29N3O5. The van der Waals surface area contributed by atoms with Gasteiger partial charge in [0, 0.05) is 25.2 Å². The largest absolute Gasteiger partial charge is 0.497 e. The fourth-order valence-corrected chi connectivity index (χ4v) is 4.07. The molecule has 1 atom stereocenters. The maximum absolute atomic E-state index is 13.0. The van der Waals surface area contributed by atoms with Gasteiger partial charge < -0.3 is 25.0 Å². The zero-order valence-corrected chi connectivity index (χ0v) is 20.3. The third kappa shape index (κ3) is 5.83. The molecule has 186 valence electrons. The lowest BCUT2D eigenvalue weighted by Crippen LogP contribution is -2.29. The van der Waals surface area contributed by atoms with Gasteiger partial charge in [-0.2, -0.15) is 0 Å². The highest BCUT2D eigenvalue weighted by Gasteiger charge is 2.35. The number of methoxy groups -OCH3 is 1. The summed E-state index contributed by atoms with van der Waals surface area (Å²) in [6, 6.07) is 21.5. The number of ether oxygens (including phenoxy) is 2. The number of carbonyl (C=O) groups is 3. The zero-order valence-electron chi connectivity index (χ0n) is 20.3. The van der Waals surface area contributed by atoms with Crippen LogP contribution in [0.4, 0.5) is 11.4 Å². The summed E-state index contributed by atoms with van der Waals surface area (Å²) in [6.07, 6.45) is 0.102. The molecule has 3 amide bonds. The molecule has 8 heteroatoms. The van der Waals surface area contributed by atoms with Gasteiger partial charge in [0.25, 0.3) is 5.91 Å². The zero-order chi connectivity index (χ0) is 25.5. The summed E-state index contributed by atoms with van der Waals surface area (Å²) in [4.78, 5) is 40.1. The molecule has 0 spiro atoms. The van der Waals surface area contributed by atoms with Crippen LogP contribution in [-0.2, 0) is 16.1 Å². The third-order valence-corrected chi connectivity index (χ3v) is 6.00. The Morgan fingerprint density at radius 3 is 2.36 bits per heavy atom. The number of benzene rings is 3. The second-order valence-corrected chi connectivity index (χ2v) is 8.40. The van der Waals surface area contributed by atoms with E-state index in [1.165, 1.54) is 0 Å². The summed E-state index contributed by atoms with van der Waals surface area (Å²) >= 11 is 0. The highest BCUT2D eigenvalue weighted by Crippen LogP contribution is 2.28. The Balaban J connectivity index is 1.38.